The SMILES string of the molecule is CCn1nc(C)c(Cl)c1CC(=O)C1CCOCC1. The number of carbonyl (C=O) groups is 1. The van der Waals surface area contributed by atoms with Gasteiger partial charge in [0.1, 0.15) is 5.78 Å². The summed E-state index contributed by atoms with van der Waals surface area (Å²) in [5.74, 6) is 0.380. The molecule has 2 heterocycles. The maximum atomic E-state index is 12.2. The first kappa shape index (κ1) is 13.6. The number of ether oxygens (including phenoxy) is 1. The van der Waals surface area contributed by atoms with Gasteiger partial charge in [0, 0.05) is 25.7 Å². The smallest absolute Gasteiger partial charge is 0.142 e. The third-order valence-electron chi connectivity index (χ3n) is 3.47. The second-order valence-corrected chi connectivity index (χ2v) is 5.07. The lowest BCUT2D eigenvalue weighted by Gasteiger charge is -2.20. The van der Waals surface area contributed by atoms with E-state index in [1.807, 2.05) is 18.5 Å². The monoisotopic (exact) mass is 270 g/mol. The molecule has 0 N–H and O–H groups in total. The molecule has 1 saturated heterocycles. The minimum absolute atomic E-state index is 0.121. The number of aromatic nitrogens is 2. The van der Waals surface area contributed by atoms with E-state index in [1.165, 1.54) is 0 Å². The van der Waals surface area contributed by atoms with E-state index >= 15 is 0 Å². The first-order valence-electron chi connectivity index (χ1n) is 6.45. The maximum Gasteiger partial charge on any atom is 0.142 e. The molecule has 18 heavy (non-hydrogen) atoms. The molecule has 0 bridgehead atoms. The number of Topliss-reactive ketones (excluding diaryl/α,β-unsaturated/α-hetero) is 1. The van der Waals surface area contributed by atoms with Gasteiger partial charge in [0.25, 0.3) is 0 Å². The number of rotatable bonds is 4. The minimum Gasteiger partial charge on any atom is -0.381 e. The van der Waals surface area contributed by atoms with Crippen LogP contribution in [0.1, 0.15) is 31.2 Å². The molecule has 1 aromatic rings. The van der Waals surface area contributed by atoms with Crippen LogP contribution in [-0.4, -0.2) is 28.8 Å². The highest BCUT2D eigenvalue weighted by Gasteiger charge is 2.24. The van der Waals surface area contributed by atoms with E-state index in [4.69, 9.17) is 16.3 Å². The molecular weight excluding hydrogens is 252 g/mol. The highest BCUT2D eigenvalue weighted by Crippen LogP contribution is 2.24. The van der Waals surface area contributed by atoms with Crippen molar-refractivity contribution in [3.05, 3.63) is 16.4 Å². The molecule has 0 saturated carbocycles. The highest BCUT2D eigenvalue weighted by molar-refractivity contribution is 6.32. The van der Waals surface area contributed by atoms with Gasteiger partial charge in [-0.3, -0.25) is 9.48 Å². The molecule has 0 aromatic carbocycles. The van der Waals surface area contributed by atoms with Crippen molar-refractivity contribution >= 4 is 17.4 Å². The Morgan fingerprint density at radius 3 is 2.78 bits per heavy atom. The van der Waals surface area contributed by atoms with Gasteiger partial charge in [-0.1, -0.05) is 11.6 Å². The zero-order chi connectivity index (χ0) is 13.1. The Morgan fingerprint density at radius 1 is 1.50 bits per heavy atom. The molecule has 2 rings (SSSR count). The summed E-state index contributed by atoms with van der Waals surface area (Å²) in [5, 5.41) is 4.97. The summed E-state index contributed by atoms with van der Waals surface area (Å²) >= 11 is 6.22. The molecule has 5 heteroatoms. The van der Waals surface area contributed by atoms with Gasteiger partial charge >= 0.3 is 0 Å². The van der Waals surface area contributed by atoms with Crippen molar-refractivity contribution < 1.29 is 9.53 Å². The highest BCUT2D eigenvalue weighted by atomic mass is 35.5. The van der Waals surface area contributed by atoms with Crippen LogP contribution in [0, 0.1) is 12.8 Å². The molecule has 0 amide bonds. The van der Waals surface area contributed by atoms with E-state index in [0.29, 0.717) is 24.7 Å². The van der Waals surface area contributed by atoms with Gasteiger partial charge in [0.05, 0.1) is 22.8 Å². The summed E-state index contributed by atoms with van der Waals surface area (Å²) in [5.41, 5.74) is 1.65. The molecule has 0 unspecified atom stereocenters. The molecule has 1 fully saturated rings. The normalized spacial score (nSPS) is 17.1. The quantitative estimate of drug-likeness (QED) is 0.844. The van der Waals surface area contributed by atoms with Gasteiger partial charge in [-0.15, -0.1) is 0 Å². The standard InChI is InChI=1S/C13H19ClN2O2/c1-3-16-11(13(14)9(2)15-16)8-12(17)10-4-6-18-7-5-10/h10H,3-8H2,1-2H3. The molecule has 1 aromatic heterocycles. The Balaban J connectivity index is 2.10. The van der Waals surface area contributed by atoms with Crippen molar-refractivity contribution in [1.82, 2.24) is 9.78 Å². The zero-order valence-electron chi connectivity index (χ0n) is 10.9. The third kappa shape index (κ3) is 2.75. The lowest BCUT2D eigenvalue weighted by Crippen LogP contribution is -2.25. The van der Waals surface area contributed by atoms with E-state index in [1.54, 1.807) is 0 Å². The second-order valence-electron chi connectivity index (χ2n) is 4.69. The van der Waals surface area contributed by atoms with Crippen LogP contribution in [0.15, 0.2) is 0 Å². The number of nitrogens with zero attached hydrogens (tertiary/aromatic N) is 2. The van der Waals surface area contributed by atoms with Crippen molar-refractivity contribution in [2.24, 2.45) is 5.92 Å². The van der Waals surface area contributed by atoms with E-state index in [0.717, 1.165) is 30.8 Å². The molecule has 4 nitrogen and oxygen atoms in total. The summed E-state index contributed by atoms with van der Waals surface area (Å²) in [6.07, 6.45) is 2.05. The average Bonchev–Trinajstić information content (AvgIpc) is 2.67. The minimum atomic E-state index is 0.121. The second kappa shape index (κ2) is 5.85. The Hall–Kier alpha value is -0.870. The lowest BCUT2D eigenvalue weighted by molar-refractivity contribution is -0.125. The van der Waals surface area contributed by atoms with Crippen LogP contribution < -0.4 is 0 Å². The average molecular weight is 271 g/mol. The number of hydrogen-bond acceptors (Lipinski definition) is 3. The molecular formula is C13H19ClN2O2. The molecule has 0 atom stereocenters. The van der Waals surface area contributed by atoms with Gasteiger partial charge in [0.2, 0.25) is 0 Å². The lowest BCUT2D eigenvalue weighted by atomic mass is 9.92. The van der Waals surface area contributed by atoms with Crippen LogP contribution in [-0.2, 0) is 22.5 Å². The van der Waals surface area contributed by atoms with Crippen LogP contribution in [0.4, 0.5) is 0 Å². The Kier molecular flexibility index (Phi) is 4.40. The van der Waals surface area contributed by atoms with E-state index in [2.05, 4.69) is 5.10 Å². The van der Waals surface area contributed by atoms with Crippen molar-refractivity contribution in [1.29, 1.82) is 0 Å². The van der Waals surface area contributed by atoms with Gasteiger partial charge in [-0.25, -0.2) is 0 Å². The fraction of sp³-hybridized carbons (Fsp3) is 0.692. The van der Waals surface area contributed by atoms with Gasteiger partial charge in [-0.05, 0) is 26.7 Å². The summed E-state index contributed by atoms with van der Waals surface area (Å²) in [6.45, 7) is 6.00. The fourth-order valence-corrected chi connectivity index (χ4v) is 2.57. The van der Waals surface area contributed by atoms with E-state index < -0.39 is 0 Å². The first-order valence-corrected chi connectivity index (χ1v) is 6.83. The predicted molar refractivity (Wildman–Crippen MR) is 69.9 cm³/mol. The fourth-order valence-electron chi connectivity index (χ4n) is 2.37. The van der Waals surface area contributed by atoms with Crippen molar-refractivity contribution in [3.63, 3.8) is 0 Å². The summed E-state index contributed by atoms with van der Waals surface area (Å²) < 4.78 is 7.11. The van der Waals surface area contributed by atoms with Crippen molar-refractivity contribution in [2.75, 3.05) is 13.2 Å². The van der Waals surface area contributed by atoms with Gasteiger partial charge < -0.3 is 4.74 Å². The van der Waals surface area contributed by atoms with Gasteiger partial charge in [-0.2, -0.15) is 5.10 Å². The molecule has 100 valence electrons. The summed E-state index contributed by atoms with van der Waals surface area (Å²) in [4.78, 5) is 12.2. The van der Waals surface area contributed by atoms with E-state index in [9.17, 15) is 4.79 Å². The first-order chi connectivity index (χ1) is 8.63. The molecule has 0 spiro atoms. The number of carbonyl (C=O) groups excluding carboxylic acids is 1. The van der Waals surface area contributed by atoms with Crippen LogP contribution in [0.2, 0.25) is 5.02 Å². The predicted octanol–water partition coefficient (Wildman–Crippen LogP) is 2.40. The molecule has 0 radical (unpaired) electrons. The van der Waals surface area contributed by atoms with E-state index in [-0.39, 0.29) is 11.7 Å². The third-order valence-corrected chi connectivity index (χ3v) is 3.96. The number of ketones is 1. The Bertz CT molecular complexity index is 436. The summed E-state index contributed by atoms with van der Waals surface area (Å²) in [6, 6.07) is 0. The maximum absolute atomic E-state index is 12.2. The molecule has 1 aliphatic rings. The number of aryl methyl sites for hydroxylation is 2. The zero-order valence-corrected chi connectivity index (χ0v) is 11.7. The topological polar surface area (TPSA) is 44.1 Å². The van der Waals surface area contributed by atoms with Crippen LogP contribution in [0.25, 0.3) is 0 Å². The number of hydrogen-bond donors (Lipinski definition) is 0. The Morgan fingerprint density at radius 2 is 2.17 bits per heavy atom. The molecule has 1 aliphatic heterocycles. The Labute approximate surface area is 112 Å². The van der Waals surface area contributed by atoms with Crippen molar-refractivity contribution in [3.8, 4) is 0 Å². The van der Waals surface area contributed by atoms with Crippen LogP contribution in [0.5, 0.6) is 0 Å². The number of halogens is 1. The van der Waals surface area contributed by atoms with Crippen molar-refractivity contribution in [2.45, 2.75) is 39.7 Å². The summed E-state index contributed by atoms with van der Waals surface area (Å²) in [7, 11) is 0. The van der Waals surface area contributed by atoms with Crippen LogP contribution in [0.3, 0.4) is 0 Å². The largest absolute Gasteiger partial charge is 0.381 e. The van der Waals surface area contributed by atoms with Crippen LogP contribution >= 0.6 is 11.6 Å². The molecule has 0 aliphatic carbocycles. The van der Waals surface area contributed by atoms with Gasteiger partial charge in [0.15, 0.2) is 0 Å².